The fourth-order valence-electron chi connectivity index (χ4n) is 1.51. The predicted molar refractivity (Wildman–Crippen MR) is 53.2 cm³/mol. The van der Waals surface area contributed by atoms with E-state index in [-0.39, 0.29) is 0 Å². The SMILES string of the molecule is C=C1NC(C)CCC=C1OC1CC1. The Morgan fingerprint density at radius 3 is 2.92 bits per heavy atom. The third kappa shape index (κ3) is 2.27. The Bertz CT molecular complexity index is 240. The van der Waals surface area contributed by atoms with Crippen LogP contribution in [0.2, 0.25) is 0 Å². The summed E-state index contributed by atoms with van der Waals surface area (Å²) >= 11 is 0. The van der Waals surface area contributed by atoms with E-state index in [0.29, 0.717) is 12.1 Å². The van der Waals surface area contributed by atoms with Crippen molar-refractivity contribution < 1.29 is 4.74 Å². The minimum atomic E-state index is 0.471. The van der Waals surface area contributed by atoms with Crippen LogP contribution in [0.25, 0.3) is 0 Å². The Hall–Kier alpha value is -0.920. The molecule has 1 saturated carbocycles. The molecule has 1 atom stereocenters. The van der Waals surface area contributed by atoms with Crippen LogP contribution in [0.1, 0.15) is 32.6 Å². The summed E-state index contributed by atoms with van der Waals surface area (Å²) in [5, 5.41) is 3.34. The maximum atomic E-state index is 5.74. The zero-order chi connectivity index (χ0) is 9.26. The van der Waals surface area contributed by atoms with Crippen molar-refractivity contribution in [1.29, 1.82) is 0 Å². The molecule has 72 valence electrons. The van der Waals surface area contributed by atoms with Crippen molar-refractivity contribution >= 4 is 0 Å². The largest absolute Gasteiger partial charge is 0.489 e. The lowest BCUT2D eigenvalue weighted by atomic mass is 10.2. The molecule has 0 bridgehead atoms. The van der Waals surface area contributed by atoms with Crippen molar-refractivity contribution in [2.75, 3.05) is 0 Å². The van der Waals surface area contributed by atoms with E-state index in [4.69, 9.17) is 4.74 Å². The topological polar surface area (TPSA) is 21.3 Å². The molecule has 0 spiro atoms. The summed E-state index contributed by atoms with van der Waals surface area (Å²) in [4.78, 5) is 0. The van der Waals surface area contributed by atoms with Gasteiger partial charge in [0, 0.05) is 6.04 Å². The molecule has 13 heavy (non-hydrogen) atoms. The minimum Gasteiger partial charge on any atom is -0.489 e. The molecule has 2 rings (SSSR count). The lowest BCUT2D eigenvalue weighted by Crippen LogP contribution is -2.24. The Balaban J connectivity index is 1.97. The first kappa shape index (κ1) is 8.67. The maximum absolute atomic E-state index is 5.74. The molecule has 1 N–H and O–H groups in total. The van der Waals surface area contributed by atoms with Gasteiger partial charge in [0.15, 0.2) is 0 Å². The van der Waals surface area contributed by atoms with Gasteiger partial charge in [0.2, 0.25) is 0 Å². The fourth-order valence-corrected chi connectivity index (χ4v) is 1.51. The van der Waals surface area contributed by atoms with Crippen LogP contribution in [0.15, 0.2) is 24.1 Å². The standard InChI is InChI=1S/C11H17NO/c1-8-4-3-5-11(9(2)12-8)13-10-6-7-10/h5,8,10,12H,2-4,6-7H2,1H3. The van der Waals surface area contributed by atoms with E-state index in [2.05, 4.69) is 24.9 Å². The quantitative estimate of drug-likeness (QED) is 0.702. The molecule has 2 heteroatoms. The molecule has 1 aliphatic carbocycles. The van der Waals surface area contributed by atoms with Gasteiger partial charge in [-0.05, 0) is 38.7 Å². The van der Waals surface area contributed by atoms with E-state index in [0.717, 1.165) is 24.3 Å². The smallest absolute Gasteiger partial charge is 0.138 e. The van der Waals surface area contributed by atoms with E-state index in [1.807, 2.05) is 0 Å². The Morgan fingerprint density at radius 1 is 1.46 bits per heavy atom. The molecule has 0 aromatic rings. The number of allylic oxidation sites excluding steroid dienone is 1. The third-order valence-corrected chi connectivity index (χ3v) is 2.47. The van der Waals surface area contributed by atoms with E-state index < -0.39 is 0 Å². The number of rotatable bonds is 2. The molecule has 1 heterocycles. The Kier molecular flexibility index (Phi) is 2.30. The van der Waals surface area contributed by atoms with Crippen LogP contribution in [0, 0.1) is 0 Å². The molecule has 1 fully saturated rings. The molecule has 0 saturated heterocycles. The van der Waals surface area contributed by atoms with Crippen LogP contribution < -0.4 is 5.32 Å². The third-order valence-electron chi connectivity index (χ3n) is 2.47. The average Bonchev–Trinajstić information content (AvgIpc) is 2.85. The van der Waals surface area contributed by atoms with Gasteiger partial charge in [-0.25, -0.2) is 0 Å². The van der Waals surface area contributed by atoms with Crippen LogP contribution in [0.3, 0.4) is 0 Å². The monoisotopic (exact) mass is 179 g/mol. The highest BCUT2D eigenvalue weighted by molar-refractivity contribution is 5.23. The lowest BCUT2D eigenvalue weighted by molar-refractivity contribution is 0.201. The molecule has 2 aliphatic rings. The van der Waals surface area contributed by atoms with Gasteiger partial charge in [-0.2, -0.15) is 0 Å². The Morgan fingerprint density at radius 2 is 2.23 bits per heavy atom. The molecular weight excluding hydrogens is 162 g/mol. The van der Waals surface area contributed by atoms with E-state index in [1.165, 1.54) is 12.8 Å². The zero-order valence-corrected chi connectivity index (χ0v) is 8.18. The van der Waals surface area contributed by atoms with Crippen molar-refractivity contribution in [3.8, 4) is 0 Å². The number of hydrogen-bond acceptors (Lipinski definition) is 2. The van der Waals surface area contributed by atoms with E-state index in [9.17, 15) is 0 Å². The Labute approximate surface area is 79.7 Å². The normalized spacial score (nSPS) is 28.8. The number of ether oxygens (including phenoxy) is 1. The van der Waals surface area contributed by atoms with Gasteiger partial charge in [-0.3, -0.25) is 0 Å². The van der Waals surface area contributed by atoms with Crippen molar-refractivity contribution in [1.82, 2.24) is 5.32 Å². The molecule has 0 radical (unpaired) electrons. The molecule has 1 aliphatic heterocycles. The predicted octanol–water partition coefficient (Wildman–Crippen LogP) is 2.33. The number of hydrogen-bond donors (Lipinski definition) is 1. The molecule has 0 aromatic carbocycles. The summed E-state index contributed by atoms with van der Waals surface area (Å²) in [5.74, 6) is 0.979. The molecule has 0 amide bonds. The maximum Gasteiger partial charge on any atom is 0.138 e. The summed E-state index contributed by atoms with van der Waals surface area (Å²) in [6.45, 7) is 6.16. The second-order valence-corrected chi connectivity index (χ2v) is 3.99. The van der Waals surface area contributed by atoms with Gasteiger partial charge in [-0.15, -0.1) is 0 Å². The second kappa shape index (κ2) is 3.44. The first-order chi connectivity index (χ1) is 6.25. The van der Waals surface area contributed by atoms with Crippen molar-refractivity contribution in [3.63, 3.8) is 0 Å². The first-order valence-corrected chi connectivity index (χ1v) is 5.08. The summed E-state index contributed by atoms with van der Waals surface area (Å²) in [6.07, 6.45) is 7.31. The van der Waals surface area contributed by atoms with Gasteiger partial charge >= 0.3 is 0 Å². The molecule has 2 nitrogen and oxygen atoms in total. The van der Waals surface area contributed by atoms with Gasteiger partial charge in [0.05, 0.1) is 11.8 Å². The van der Waals surface area contributed by atoms with Crippen LogP contribution >= 0.6 is 0 Å². The second-order valence-electron chi connectivity index (χ2n) is 3.99. The summed E-state index contributed by atoms with van der Waals surface area (Å²) in [5.41, 5.74) is 0.955. The van der Waals surface area contributed by atoms with Crippen molar-refractivity contribution in [2.24, 2.45) is 0 Å². The van der Waals surface area contributed by atoms with Gasteiger partial charge < -0.3 is 10.1 Å². The molecule has 1 unspecified atom stereocenters. The number of nitrogens with one attached hydrogen (secondary N) is 1. The summed E-state index contributed by atoms with van der Waals surface area (Å²) in [6, 6.07) is 0.518. The van der Waals surface area contributed by atoms with Crippen LogP contribution in [-0.4, -0.2) is 12.1 Å². The zero-order valence-electron chi connectivity index (χ0n) is 8.18. The van der Waals surface area contributed by atoms with Crippen LogP contribution in [0.4, 0.5) is 0 Å². The molecular formula is C11H17NO. The first-order valence-electron chi connectivity index (χ1n) is 5.08. The van der Waals surface area contributed by atoms with Crippen molar-refractivity contribution in [3.05, 3.63) is 24.1 Å². The van der Waals surface area contributed by atoms with Gasteiger partial charge in [0.1, 0.15) is 5.76 Å². The van der Waals surface area contributed by atoms with Gasteiger partial charge in [-0.1, -0.05) is 6.58 Å². The van der Waals surface area contributed by atoms with Crippen LogP contribution in [0.5, 0.6) is 0 Å². The summed E-state index contributed by atoms with van der Waals surface area (Å²) < 4.78 is 5.74. The molecule has 0 aromatic heterocycles. The minimum absolute atomic E-state index is 0.471. The highest BCUT2D eigenvalue weighted by Crippen LogP contribution is 2.29. The van der Waals surface area contributed by atoms with E-state index in [1.54, 1.807) is 0 Å². The highest BCUT2D eigenvalue weighted by atomic mass is 16.5. The summed E-state index contributed by atoms with van der Waals surface area (Å²) in [7, 11) is 0. The lowest BCUT2D eigenvalue weighted by Gasteiger charge is -2.15. The average molecular weight is 179 g/mol. The fraction of sp³-hybridized carbons (Fsp3) is 0.636. The van der Waals surface area contributed by atoms with Crippen molar-refractivity contribution in [2.45, 2.75) is 44.8 Å². The van der Waals surface area contributed by atoms with Gasteiger partial charge in [0.25, 0.3) is 0 Å². The van der Waals surface area contributed by atoms with E-state index >= 15 is 0 Å². The van der Waals surface area contributed by atoms with Crippen LogP contribution in [-0.2, 0) is 4.74 Å². The highest BCUT2D eigenvalue weighted by Gasteiger charge is 2.25.